The summed E-state index contributed by atoms with van der Waals surface area (Å²) in [5.41, 5.74) is 5.48. The topological polar surface area (TPSA) is 88.2 Å². The van der Waals surface area contributed by atoms with Gasteiger partial charge in [0, 0.05) is 18.8 Å². The van der Waals surface area contributed by atoms with Gasteiger partial charge in [0.25, 0.3) is 5.91 Å². The van der Waals surface area contributed by atoms with Crippen LogP contribution in [0.25, 0.3) is 0 Å². The zero-order chi connectivity index (χ0) is 11.3. The molecule has 1 atom stereocenters. The fraction of sp³-hybridized carbons (Fsp3) is 0.400. The zero-order valence-corrected chi connectivity index (χ0v) is 8.60. The average Bonchev–Trinajstić information content (AvgIpc) is 2.26. The minimum Gasteiger partial charge on any atom is -0.505 e. The first kappa shape index (κ1) is 11.5. The molecule has 0 aliphatic heterocycles. The van der Waals surface area contributed by atoms with Crippen molar-refractivity contribution in [1.82, 2.24) is 10.3 Å². The number of nitrogens with two attached hydrogens (primary N) is 1. The van der Waals surface area contributed by atoms with Gasteiger partial charge >= 0.3 is 0 Å². The van der Waals surface area contributed by atoms with E-state index in [0.29, 0.717) is 6.54 Å². The summed E-state index contributed by atoms with van der Waals surface area (Å²) >= 11 is 0. The lowest BCUT2D eigenvalue weighted by atomic mass is 10.2. The van der Waals surface area contributed by atoms with Crippen LogP contribution in [-0.4, -0.2) is 28.6 Å². The number of hydrogen-bond donors (Lipinski definition) is 3. The molecule has 0 radical (unpaired) electrons. The monoisotopic (exact) mass is 209 g/mol. The van der Waals surface area contributed by atoms with E-state index in [9.17, 15) is 9.90 Å². The van der Waals surface area contributed by atoms with Crippen LogP contribution in [0.3, 0.4) is 0 Å². The number of nitrogens with zero attached hydrogens (tertiary/aromatic N) is 1. The lowest BCUT2D eigenvalue weighted by molar-refractivity contribution is 0.0929. The van der Waals surface area contributed by atoms with Crippen molar-refractivity contribution < 1.29 is 9.90 Å². The van der Waals surface area contributed by atoms with Gasteiger partial charge in [-0.3, -0.25) is 4.79 Å². The average molecular weight is 209 g/mol. The van der Waals surface area contributed by atoms with E-state index in [1.54, 1.807) is 6.07 Å². The highest BCUT2D eigenvalue weighted by Gasteiger charge is 2.14. The summed E-state index contributed by atoms with van der Waals surface area (Å²) in [4.78, 5) is 15.4. The van der Waals surface area contributed by atoms with Gasteiger partial charge in [0.05, 0.1) is 0 Å². The second kappa shape index (κ2) is 5.31. The molecule has 1 heterocycles. The second-order valence-electron chi connectivity index (χ2n) is 3.19. The molecule has 1 aromatic heterocycles. The third-order valence-corrected chi connectivity index (χ3v) is 2.11. The largest absolute Gasteiger partial charge is 0.505 e. The fourth-order valence-corrected chi connectivity index (χ4v) is 1.15. The van der Waals surface area contributed by atoms with Gasteiger partial charge in [-0.25, -0.2) is 4.98 Å². The Morgan fingerprint density at radius 2 is 2.47 bits per heavy atom. The number of aromatic hydroxyl groups is 1. The third-order valence-electron chi connectivity index (χ3n) is 2.11. The van der Waals surface area contributed by atoms with E-state index in [1.165, 1.54) is 12.3 Å². The number of carbonyl (C=O) groups is 1. The first-order valence-electron chi connectivity index (χ1n) is 4.84. The van der Waals surface area contributed by atoms with Gasteiger partial charge in [0.2, 0.25) is 0 Å². The normalized spacial score (nSPS) is 12.1. The highest BCUT2D eigenvalue weighted by Crippen LogP contribution is 2.12. The highest BCUT2D eigenvalue weighted by atomic mass is 16.3. The maximum atomic E-state index is 11.6. The molecule has 4 N–H and O–H groups in total. The van der Waals surface area contributed by atoms with E-state index in [2.05, 4.69) is 10.3 Å². The summed E-state index contributed by atoms with van der Waals surface area (Å²) in [5, 5.41) is 12.1. The molecule has 1 aromatic rings. The van der Waals surface area contributed by atoms with Crippen LogP contribution in [0.4, 0.5) is 0 Å². The summed E-state index contributed by atoms with van der Waals surface area (Å²) < 4.78 is 0. The minimum atomic E-state index is -0.398. The first-order valence-corrected chi connectivity index (χ1v) is 4.84. The SMILES string of the molecule is CCC(CN)NC(=O)c1ncccc1O. The van der Waals surface area contributed by atoms with Crippen LogP contribution in [-0.2, 0) is 0 Å². The van der Waals surface area contributed by atoms with Crippen molar-refractivity contribution in [1.29, 1.82) is 0 Å². The Balaban J connectivity index is 2.73. The summed E-state index contributed by atoms with van der Waals surface area (Å²) in [6.45, 7) is 2.30. The maximum absolute atomic E-state index is 11.6. The van der Waals surface area contributed by atoms with Crippen LogP contribution in [0.1, 0.15) is 23.8 Å². The Labute approximate surface area is 88.3 Å². The molecule has 0 aromatic carbocycles. The van der Waals surface area contributed by atoms with Gasteiger partial charge in [-0.2, -0.15) is 0 Å². The Morgan fingerprint density at radius 3 is 3.00 bits per heavy atom. The number of amides is 1. The van der Waals surface area contributed by atoms with E-state index >= 15 is 0 Å². The van der Waals surface area contributed by atoms with Gasteiger partial charge in [0.1, 0.15) is 5.75 Å². The van der Waals surface area contributed by atoms with Gasteiger partial charge in [-0.05, 0) is 18.6 Å². The number of aromatic nitrogens is 1. The lowest BCUT2D eigenvalue weighted by Crippen LogP contribution is -2.39. The number of hydrogen-bond acceptors (Lipinski definition) is 4. The molecule has 0 spiro atoms. The first-order chi connectivity index (χ1) is 7.19. The van der Waals surface area contributed by atoms with Crippen LogP contribution in [0, 0.1) is 0 Å². The smallest absolute Gasteiger partial charge is 0.273 e. The van der Waals surface area contributed by atoms with Crippen LogP contribution >= 0.6 is 0 Å². The molecule has 1 unspecified atom stereocenters. The molecule has 15 heavy (non-hydrogen) atoms. The predicted molar refractivity (Wildman–Crippen MR) is 56.5 cm³/mol. The lowest BCUT2D eigenvalue weighted by Gasteiger charge is -2.14. The quantitative estimate of drug-likeness (QED) is 0.663. The molecule has 0 fully saturated rings. The molecule has 0 aliphatic rings. The molecule has 82 valence electrons. The summed E-state index contributed by atoms with van der Waals surface area (Å²) in [7, 11) is 0. The highest BCUT2D eigenvalue weighted by molar-refractivity contribution is 5.94. The van der Waals surface area contributed by atoms with E-state index in [4.69, 9.17) is 5.73 Å². The van der Waals surface area contributed by atoms with Gasteiger partial charge in [-0.15, -0.1) is 0 Å². The van der Waals surface area contributed by atoms with Crippen molar-refractivity contribution >= 4 is 5.91 Å². The molecule has 5 heteroatoms. The van der Waals surface area contributed by atoms with E-state index in [-0.39, 0.29) is 17.5 Å². The summed E-state index contributed by atoms with van der Waals surface area (Å²) in [6, 6.07) is 2.90. The molecule has 1 amide bonds. The molecule has 0 aliphatic carbocycles. The molecule has 1 rings (SSSR count). The van der Waals surface area contributed by atoms with Crippen molar-refractivity contribution in [2.75, 3.05) is 6.54 Å². The third kappa shape index (κ3) is 2.92. The number of pyridine rings is 1. The number of carbonyl (C=O) groups excluding carboxylic acids is 1. The van der Waals surface area contributed by atoms with Crippen LogP contribution in [0.5, 0.6) is 5.75 Å². The standard InChI is InChI=1S/C10H15N3O2/c1-2-7(6-11)13-10(15)9-8(14)4-3-5-12-9/h3-5,7,14H,2,6,11H2,1H3,(H,13,15). The molecule has 0 bridgehead atoms. The fourth-order valence-electron chi connectivity index (χ4n) is 1.15. The van der Waals surface area contributed by atoms with E-state index in [1.807, 2.05) is 6.92 Å². The van der Waals surface area contributed by atoms with Crippen molar-refractivity contribution in [3.05, 3.63) is 24.0 Å². The van der Waals surface area contributed by atoms with E-state index < -0.39 is 5.91 Å². The number of rotatable bonds is 4. The van der Waals surface area contributed by atoms with Crippen LogP contribution < -0.4 is 11.1 Å². The Morgan fingerprint density at radius 1 is 1.73 bits per heavy atom. The molecular weight excluding hydrogens is 194 g/mol. The van der Waals surface area contributed by atoms with Crippen molar-refractivity contribution in [2.24, 2.45) is 5.73 Å². The predicted octanol–water partition coefficient (Wildman–Crippen LogP) is 0.254. The minimum absolute atomic E-state index is 0.0319. The van der Waals surface area contributed by atoms with Gasteiger partial charge in [-0.1, -0.05) is 6.92 Å². The van der Waals surface area contributed by atoms with Crippen molar-refractivity contribution in [2.45, 2.75) is 19.4 Å². The van der Waals surface area contributed by atoms with Crippen LogP contribution in [0.2, 0.25) is 0 Å². The Bertz CT molecular complexity index is 337. The molecular formula is C10H15N3O2. The van der Waals surface area contributed by atoms with Gasteiger partial charge in [0.15, 0.2) is 5.69 Å². The van der Waals surface area contributed by atoms with Crippen molar-refractivity contribution in [3.63, 3.8) is 0 Å². The maximum Gasteiger partial charge on any atom is 0.273 e. The summed E-state index contributed by atoms with van der Waals surface area (Å²) in [5.74, 6) is -0.521. The van der Waals surface area contributed by atoms with Crippen molar-refractivity contribution in [3.8, 4) is 5.75 Å². The molecule has 5 nitrogen and oxygen atoms in total. The molecule has 0 saturated carbocycles. The molecule has 0 saturated heterocycles. The Kier molecular flexibility index (Phi) is 4.05. The zero-order valence-electron chi connectivity index (χ0n) is 8.60. The van der Waals surface area contributed by atoms with Crippen LogP contribution in [0.15, 0.2) is 18.3 Å². The van der Waals surface area contributed by atoms with Gasteiger partial charge < -0.3 is 16.2 Å². The van der Waals surface area contributed by atoms with E-state index in [0.717, 1.165) is 6.42 Å². The number of nitrogens with one attached hydrogen (secondary N) is 1. The summed E-state index contributed by atoms with van der Waals surface area (Å²) in [6.07, 6.45) is 2.20. The Hall–Kier alpha value is -1.62. The second-order valence-corrected chi connectivity index (χ2v) is 3.19.